The molecule has 2 aromatic heterocycles. The van der Waals surface area contributed by atoms with Crippen LogP contribution in [0.15, 0.2) is 30.6 Å². The Balaban J connectivity index is 1.30. The molecule has 2 heterocycles. The van der Waals surface area contributed by atoms with Gasteiger partial charge in [-0.1, -0.05) is 19.9 Å². The second-order valence-corrected chi connectivity index (χ2v) is 12.2. The quantitative estimate of drug-likeness (QED) is 0.611. The van der Waals surface area contributed by atoms with Gasteiger partial charge in [0.2, 0.25) is 0 Å². The molecule has 4 unspecified atom stereocenters. The van der Waals surface area contributed by atoms with Gasteiger partial charge < -0.3 is 9.51 Å². The van der Waals surface area contributed by atoms with E-state index >= 15 is 0 Å². The third-order valence-corrected chi connectivity index (χ3v) is 10.7. The molecule has 4 fully saturated rings. The summed E-state index contributed by atoms with van der Waals surface area (Å²) in [6, 6.07) is 6.33. The van der Waals surface area contributed by atoms with Gasteiger partial charge in [0.15, 0.2) is 0 Å². The van der Waals surface area contributed by atoms with Crippen LogP contribution in [0.3, 0.4) is 0 Å². The van der Waals surface area contributed by atoms with E-state index in [1.165, 1.54) is 50.6 Å². The first kappa shape index (κ1) is 19.3. The van der Waals surface area contributed by atoms with Crippen LogP contribution < -0.4 is 0 Å². The van der Waals surface area contributed by atoms with E-state index < -0.39 is 5.60 Å². The number of hydrogen-bond donors (Lipinski definition) is 1. The summed E-state index contributed by atoms with van der Waals surface area (Å²) >= 11 is 0. The Hall–Kier alpha value is -1.35. The molecule has 162 valence electrons. The summed E-state index contributed by atoms with van der Waals surface area (Å²) < 4.78 is 2.21. The molecule has 0 amide bonds. The van der Waals surface area contributed by atoms with Crippen molar-refractivity contribution in [1.29, 1.82) is 0 Å². The number of imidazole rings is 1. The van der Waals surface area contributed by atoms with Crippen molar-refractivity contribution in [3.05, 3.63) is 36.3 Å². The largest absolute Gasteiger partial charge is 0.390 e. The van der Waals surface area contributed by atoms with Crippen LogP contribution >= 0.6 is 0 Å². The van der Waals surface area contributed by atoms with Gasteiger partial charge in [-0.2, -0.15) is 0 Å². The number of fused-ring (bicyclic) bond motifs is 6. The third kappa shape index (κ3) is 2.63. The average Bonchev–Trinajstić information content (AvgIpc) is 3.28. The van der Waals surface area contributed by atoms with Crippen LogP contribution in [0.25, 0.3) is 5.65 Å². The first-order valence-electron chi connectivity index (χ1n) is 12.5. The predicted molar refractivity (Wildman–Crippen MR) is 120 cm³/mol. The molecule has 3 nitrogen and oxygen atoms in total. The van der Waals surface area contributed by atoms with Crippen molar-refractivity contribution >= 4 is 5.65 Å². The van der Waals surface area contributed by atoms with Gasteiger partial charge in [0.25, 0.3) is 0 Å². The minimum atomic E-state index is -0.429. The van der Waals surface area contributed by atoms with Crippen LogP contribution in [0.5, 0.6) is 0 Å². The monoisotopic (exact) mass is 406 g/mol. The van der Waals surface area contributed by atoms with Crippen molar-refractivity contribution in [2.45, 2.75) is 90.1 Å². The maximum atomic E-state index is 10.7. The van der Waals surface area contributed by atoms with Crippen LogP contribution in [0.2, 0.25) is 0 Å². The van der Waals surface area contributed by atoms with E-state index in [0.717, 1.165) is 42.2 Å². The number of pyridine rings is 1. The lowest BCUT2D eigenvalue weighted by molar-refractivity contribution is -0.143. The van der Waals surface area contributed by atoms with E-state index in [4.69, 9.17) is 4.98 Å². The highest BCUT2D eigenvalue weighted by molar-refractivity contribution is 5.40. The number of aromatic nitrogens is 2. The summed E-state index contributed by atoms with van der Waals surface area (Å²) in [5.41, 5.74) is 2.85. The minimum absolute atomic E-state index is 0.405. The summed E-state index contributed by atoms with van der Waals surface area (Å²) in [6.07, 6.45) is 15.8. The molecule has 0 aliphatic heterocycles. The summed E-state index contributed by atoms with van der Waals surface area (Å²) in [4.78, 5) is 5.07. The summed E-state index contributed by atoms with van der Waals surface area (Å²) in [6.45, 7) is 7.28. The van der Waals surface area contributed by atoms with E-state index in [-0.39, 0.29) is 0 Å². The Kier molecular flexibility index (Phi) is 4.09. The van der Waals surface area contributed by atoms with Crippen LogP contribution in [0.1, 0.15) is 90.2 Å². The van der Waals surface area contributed by atoms with Crippen LogP contribution in [-0.2, 0) is 0 Å². The van der Waals surface area contributed by atoms with E-state index in [1.807, 2.05) is 0 Å². The zero-order valence-corrected chi connectivity index (χ0v) is 19.0. The molecule has 0 spiro atoms. The molecule has 8 atom stereocenters. The van der Waals surface area contributed by atoms with Crippen molar-refractivity contribution in [2.24, 2.45) is 34.5 Å². The fourth-order valence-corrected chi connectivity index (χ4v) is 9.04. The first-order chi connectivity index (χ1) is 14.3. The Morgan fingerprint density at radius 3 is 2.60 bits per heavy atom. The molecule has 3 heteroatoms. The lowest BCUT2D eigenvalue weighted by Crippen LogP contribution is -2.55. The second kappa shape index (κ2) is 6.34. The predicted octanol–water partition coefficient (Wildman–Crippen LogP) is 6.21. The van der Waals surface area contributed by atoms with Crippen molar-refractivity contribution in [3.63, 3.8) is 0 Å². The Morgan fingerprint density at radius 2 is 1.77 bits per heavy atom. The van der Waals surface area contributed by atoms with Gasteiger partial charge in [-0.3, -0.25) is 0 Å². The summed E-state index contributed by atoms with van der Waals surface area (Å²) in [5, 5.41) is 10.7. The normalized spacial score (nSPS) is 48.2. The molecule has 4 saturated carbocycles. The van der Waals surface area contributed by atoms with E-state index in [2.05, 4.69) is 55.8 Å². The van der Waals surface area contributed by atoms with Gasteiger partial charge in [0, 0.05) is 18.3 Å². The smallest absolute Gasteiger partial charge is 0.136 e. The fourth-order valence-electron chi connectivity index (χ4n) is 9.04. The van der Waals surface area contributed by atoms with Crippen LogP contribution in [0, 0.1) is 34.5 Å². The molecule has 4 aliphatic rings. The standard InChI is InChI=1S/C27H38N2O/c1-25(30)13-14-26(2)18(16-25)7-8-19-20-9-10-22(27(20,3)12-11-21(19)26)23-17-29-15-5-4-6-24(29)28-23/h4-6,15,17-22,30H,7-14,16H2,1-3H3/t18-,19?,20?,21?,22?,25+,26+,27+/m1/s1. The fraction of sp³-hybridized carbons (Fsp3) is 0.741. The molecule has 2 aromatic rings. The molecule has 4 aliphatic carbocycles. The molecular formula is C27H38N2O. The van der Waals surface area contributed by atoms with Gasteiger partial charge in [0.05, 0.1) is 11.3 Å². The Bertz CT molecular complexity index is 930. The molecule has 30 heavy (non-hydrogen) atoms. The summed E-state index contributed by atoms with van der Waals surface area (Å²) in [7, 11) is 0. The number of aliphatic hydroxyl groups is 1. The van der Waals surface area contributed by atoms with E-state index in [1.54, 1.807) is 0 Å². The van der Waals surface area contributed by atoms with Crippen molar-refractivity contribution in [2.75, 3.05) is 0 Å². The number of rotatable bonds is 1. The molecular weight excluding hydrogens is 368 g/mol. The molecule has 1 N–H and O–H groups in total. The minimum Gasteiger partial charge on any atom is -0.390 e. The highest BCUT2D eigenvalue weighted by atomic mass is 16.3. The topological polar surface area (TPSA) is 37.5 Å². The molecule has 0 radical (unpaired) electrons. The maximum Gasteiger partial charge on any atom is 0.136 e. The lowest BCUT2D eigenvalue weighted by Gasteiger charge is -2.61. The molecule has 0 aromatic carbocycles. The zero-order chi connectivity index (χ0) is 20.7. The van der Waals surface area contributed by atoms with Crippen molar-refractivity contribution in [1.82, 2.24) is 9.38 Å². The highest BCUT2D eigenvalue weighted by Gasteiger charge is 2.61. The molecule has 6 rings (SSSR count). The number of hydrogen-bond acceptors (Lipinski definition) is 2. The van der Waals surface area contributed by atoms with Gasteiger partial charge in [-0.05, 0) is 111 Å². The van der Waals surface area contributed by atoms with Gasteiger partial charge in [-0.15, -0.1) is 0 Å². The SMILES string of the molecule is C[C@]1(O)CC[C@]2(C)C3CC[C@]4(C)C(c5cn6ccccc6n5)CCC4C3CC[C@@H]2C1. The third-order valence-electron chi connectivity index (χ3n) is 10.7. The second-order valence-electron chi connectivity index (χ2n) is 12.2. The number of nitrogens with zero attached hydrogens (tertiary/aromatic N) is 2. The van der Waals surface area contributed by atoms with E-state index in [9.17, 15) is 5.11 Å². The van der Waals surface area contributed by atoms with Gasteiger partial charge >= 0.3 is 0 Å². The van der Waals surface area contributed by atoms with Gasteiger partial charge in [0.1, 0.15) is 5.65 Å². The van der Waals surface area contributed by atoms with Crippen LogP contribution in [0.4, 0.5) is 0 Å². The summed E-state index contributed by atoms with van der Waals surface area (Å²) in [5.74, 6) is 3.94. The Morgan fingerprint density at radius 1 is 0.933 bits per heavy atom. The zero-order valence-electron chi connectivity index (χ0n) is 19.0. The highest BCUT2D eigenvalue weighted by Crippen LogP contribution is 2.69. The van der Waals surface area contributed by atoms with E-state index in [0.29, 0.717) is 16.7 Å². The van der Waals surface area contributed by atoms with Crippen LogP contribution in [-0.4, -0.2) is 20.1 Å². The average molecular weight is 407 g/mol. The lowest BCUT2D eigenvalue weighted by atomic mass is 9.44. The van der Waals surface area contributed by atoms with Gasteiger partial charge in [-0.25, -0.2) is 4.98 Å². The molecule has 0 bridgehead atoms. The first-order valence-corrected chi connectivity index (χ1v) is 12.5. The Labute approximate surface area is 181 Å². The maximum absolute atomic E-state index is 10.7. The van der Waals surface area contributed by atoms with Crippen molar-refractivity contribution in [3.8, 4) is 0 Å². The van der Waals surface area contributed by atoms with Crippen molar-refractivity contribution < 1.29 is 5.11 Å². The molecule has 0 saturated heterocycles.